The number of fused-ring (bicyclic) bond motifs is 5. The molecule has 0 aromatic rings. The second kappa shape index (κ2) is 5.06. The van der Waals surface area contributed by atoms with Gasteiger partial charge in [-0.3, -0.25) is 4.79 Å². The van der Waals surface area contributed by atoms with Crippen LogP contribution in [0.15, 0.2) is 0 Å². The van der Waals surface area contributed by atoms with E-state index in [2.05, 4.69) is 25.2 Å². The van der Waals surface area contributed by atoms with Gasteiger partial charge in [0.15, 0.2) is 0 Å². The lowest BCUT2D eigenvalue weighted by Gasteiger charge is -2.25. The highest BCUT2D eigenvalue weighted by Crippen LogP contribution is 2.65. The molecular weight excluding hydrogens is 248 g/mol. The van der Waals surface area contributed by atoms with Crippen LogP contribution in [-0.4, -0.2) is 11.9 Å². The molecule has 0 radical (unpaired) electrons. The maximum atomic E-state index is 12.7. The van der Waals surface area contributed by atoms with Gasteiger partial charge >= 0.3 is 0 Å². The highest BCUT2D eigenvalue weighted by molar-refractivity contribution is 5.86. The van der Waals surface area contributed by atoms with E-state index in [0.29, 0.717) is 18.9 Å². The van der Waals surface area contributed by atoms with E-state index in [9.17, 15) is 10.1 Å². The molecule has 3 aliphatic rings. The zero-order valence-corrected chi connectivity index (χ0v) is 12.7. The molecule has 3 rings (SSSR count). The van der Waals surface area contributed by atoms with Crippen molar-refractivity contribution in [2.45, 2.75) is 64.8 Å². The predicted octanol–water partition coefficient (Wildman–Crippen LogP) is 3.26. The van der Waals surface area contributed by atoms with E-state index >= 15 is 0 Å². The van der Waals surface area contributed by atoms with Crippen molar-refractivity contribution in [1.82, 2.24) is 5.32 Å². The third-order valence-electron chi connectivity index (χ3n) is 6.04. The van der Waals surface area contributed by atoms with Crippen LogP contribution >= 0.6 is 0 Å². The van der Waals surface area contributed by atoms with Crippen LogP contribution in [0.3, 0.4) is 0 Å². The molecule has 0 spiro atoms. The highest BCUT2D eigenvalue weighted by Gasteiger charge is 2.65. The van der Waals surface area contributed by atoms with E-state index in [4.69, 9.17) is 0 Å². The lowest BCUT2D eigenvalue weighted by Crippen LogP contribution is -2.42. The van der Waals surface area contributed by atoms with Crippen LogP contribution in [0, 0.1) is 40.4 Å². The molecule has 0 heterocycles. The fourth-order valence-corrected chi connectivity index (χ4v) is 5.18. The summed E-state index contributed by atoms with van der Waals surface area (Å²) in [7, 11) is 0. The summed E-state index contributed by atoms with van der Waals surface area (Å²) in [6.07, 6.45) is 7.30. The molecule has 1 N–H and O–H groups in total. The molecule has 2 bridgehead atoms. The summed E-state index contributed by atoms with van der Waals surface area (Å²) in [5.41, 5.74) is -0.778. The van der Waals surface area contributed by atoms with Crippen LogP contribution in [0.25, 0.3) is 0 Å². The van der Waals surface area contributed by atoms with E-state index in [1.54, 1.807) is 0 Å². The van der Waals surface area contributed by atoms with Gasteiger partial charge in [0.1, 0.15) is 5.41 Å². The average Bonchev–Trinajstić information content (AvgIpc) is 2.85. The van der Waals surface area contributed by atoms with Crippen molar-refractivity contribution in [3.63, 3.8) is 0 Å². The Balaban J connectivity index is 1.65. The Morgan fingerprint density at radius 3 is 2.20 bits per heavy atom. The summed E-state index contributed by atoms with van der Waals surface area (Å²) in [5.74, 6) is 3.24. The lowest BCUT2D eigenvalue weighted by molar-refractivity contribution is -0.129. The molecule has 1 amide bonds. The van der Waals surface area contributed by atoms with Crippen molar-refractivity contribution >= 4 is 5.91 Å². The SMILES string of the molecule is CCCC(C#N)(CCC)C(=O)NC1C2C3CCC(C3)C12. The van der Waals surface area contributed by atoms with E-state index in [-0.39, 0.29) is 5.91 Å². The standard InChI is InChI=1S/C17H26N2O/c1-3-7-17(10-18,8-4-2)16(20)19-15-13-11-5-6-12(9-11)14(13)15/h11-15H,3-9H2,1-2H3,(H,19,20). The topological polar surface area (TPSA) is 52.9 Å². The molecule has 3 nitrogen and oxygen atoms in total. The van der Waals surface area contributed by atoms with Gasteiger partial charge in [-0.25, -0.2) is 0 Å². The summed E-state index contributed by atoms with van der Waals surface area (Å²) in [6, 6.07) is 2.74. The number of carbonyl (C=O) groups is 1. The molecule has 0 aromatic heterocycles. The molecule has 3 saturated carbocycles. The minimum atomic E-state index is -0.778. The number of amides is 1. The Morgan fingerprint density at radius 1 is 1.20 bits per heavy atom. The van der Waals surface area contributed by atoms with Crippen molar-refractivity contribution in [3.8, 4) is 6.07 Å². The van der Waals surface area contributed by atoms with Crippen molar-refractivity contribution in [1.29, 1.82) is 5.26 Å². The zero-order valence-electron chi connectivity index (χ0n) is 12.7. The molecule has 0 aliphatic heterocycles. The number of nitrogens with one attached hydrogen (secondary N) is 1. The maximum absolute atomic E-state index is 12.7. The minimum Gasteiger partial charge on any atom is -0.351 e. The Kier molecular flexibility index (Phi) is 3.52. The van der Waals surface area contributed by atoms with Gasteiger partial charge in [-0.1, -0.05) is 26.7 Å². The van der Waals surface area contributed by atoms with Gasteiger partial charge in [0.25, 0.3) is 0 Å². The van der Waals surface area contributed by atoms with Gasteiger partial charge in [-0.15, -0.1) is 0 Å². The first-order chi connectivity index (χ1) is 9.66. The quantitative estimate of drug-likeness (QED) is 0.808. The van der Waals surface area contributed by atoms with E-state index in [1.807, 2.05) is 0 Å². The fourth-order valence-electron chi connectivity index (χ4n) is 5.18. The normalized spacial score (nSPS) is 37.4. The zero-order chi connectivity index (χ0) is 14.3. The van der Waals surface area contributed by atoms with Crippen molar-refractivity contribution in [2.24, 2.45) is 29.1 Å². The Hall–Kier alpha value is -1.04. The van der Waals surface area contributed by atoms with Gasteiger partial charge in [0, 0.05) is 6.04 Å². The Bertz CT molecular complexity index is 417. The number of hydrogen-bond donors (Lipinski definition) is 1. The number of rotatable bonds is 6. The van der Waals surface area contributed by atoms with Gasteiger partial charge in [0.2, 0.25) is 5.91 Å². The van der Waals surface area contributed by atoms with Crippen LogP contribution in [-0.2, 0) is 4.79 Å². The maximum Gasteiger partial charge on any atom is 0.240 e. The Morgan fingerprint density at radius 2 is 1.75 bits per heavy atom. The summed E-state index contributed by atoms with van der Waals surface area (Å²) in [6.45, 7) is 4.11. The van der Waals surface area contributed by atoms with Crippen LogP contribution in [0.2, 0.25) is 0 Å². The molecule has 110 valence electrons. The predicted molar refractivity (Wildman–Crippen MR) is 77.6 cm³/mol. The molecule has 3 fully saturated rings. The highest BCUT2D eigenvalue weighted by atomic mass is 16.2. The van der Waals surface area contributed by atoms with E-state index in [1.165, 1.54) is 19.3 Å². The van der Waals surface area contributed by atoms with Crippen LogP contribution in [0.1, 0.15) is 58.8 Å². The molecular formula is C17H26N2O. The van der Waals surface area contributed by atoms with Crippen molar-refractivity contribution in [3.05, 3.63) is 0 Å². The van der Waals surface area contributed by atoms with Gasteiger partial charge < -0.3 is 5.32 Å². The molecule has 4 unspecified atom stereocenters. The first-order valence-corrected chi connectivity index (χ1v) is 8.39. The number of carbonyl (C=O) groups excluding carboxylic acids is 1. The van der Waals surface area contributed by atoms with Gasteiger partial charge in [0.05, 0.1) is 6.07 Å². The van der Waals surface area contributed by atoms with Crippen LogP contribution in [0.5, 0.6) is 0 Å². The van der Waals surface area contributed by atoms with Crippen molar-refractivity contribution < 1.29 is 4.79 Å². The molecule has 3 heteroatoms. The monoisotopic (exact) mass is 274 g/mol. The first kappa shape index (κ1) is 13.9. The second-order valence-electron chi connectivity index (χ2n) is 7.18. The molecule has 0 aromatic carbocycles. The molecule has 0 saturated heterocycles. The average molecular weight is 274 g/mol. The van der Waals surface area contributed by atoms with E-state index < -0.39 is 5.41 Å². The summed E-state index contributed by atoms with van der Waals surface area (Å²) in [5, 5.41) is 12.8. The third kappa shape index (κ3) is 1.96. The van der Waals surface area contributed by atoms with Gasteiger partial charge in [-0.2, -0.15) is 5.26 Å². The minimum absolute atomic E-state index is 0.0162. The molecule has 4 atom stereocenters. The number of hydrogen-bond acceptors (Lipinski definition) is 2. The second-order valence-corrected chi connectivity index (χ2v) is 7.18. The third-order valence-corrected chi connectivity index (χ3v) is 6.04. The summed E-state index contributed by atoms with van der Waals surface area (Å²) in [4.78, 5) is 12.7. The lowest BCUT2D eigenvalue weighted by atomic mass is 9.79. The molecule has 3 aliphatic carbocycles. The van der Waals surface area contributed by atoms with Crippen LogP contribution in [0.4, 0.5) is 0 Å². The number of nitriles is 1. The Labute approximate surface area is 122 Å². The smallest absolute Gasteiger partial charge is 0.240 e. The van der Waals surface area contributed by atoms with Gasteiger partial charge in [-0.05, 0) is 55.8 Å². The summed E-state index contributed by atoms with van der Waals surface area (Å²) < 4.78 is 0. The van der Waals surface area contributed by atoms with Crippen LogP contribution < -0.4 is 5.32 Å². The fraction of sp³-hybridized carbons (Fsp3) is 0.882. The summed E-state index contributed by atoms with van der Waals surface area (Å²) >= 11 is 0. The van der Waals surface area contributed by atoms with E-state index in [0.717, 1.165) is 36.5 Å². The number of nitrogens with zero attached hydrogens (tertiary/aromatic N) is 1. The first-order valence-electron chi connectivity index (χ1n) is 8.39. The van der Waals surface area contributed by atoms with Crippen molar-refractivity contribution in [2.75, 3.05) is 0 Å². The largest absolute Gasteiger partial charge is 0.351 e. The molecule has 20 heavy (non-hydrogen) atoms.